The van der Waals surface area contributed by atoms with Crippen LogP contribution in [-0.2, 0) is 9.53 Å². The molecule has 5 rings (SSSR count). The van der Waals surface area contributed by atoms with Crippen LogP contribution in [0.15, 0.2) is 16.8 Å². The third-order valence-electron chi connectivity index (χ3n) is 7.96. The standard InChI is InChI=1S/C24H35N3O3S/c28-22(25-11-13-30-14-12-25)7-1-6-21-20-5-3-10-26-9-2-4-18(23(20)26)16-27(21)24(29)19-8-15-31-17-19/h8,15,17-18,20-21,23H,1-7,9-14,16H2/t18-,20+,21+,23-/m0/s1. The number of carbonyl (C=O) groups excluding carboxylic acids is 2. The lowest BCUT2D eigenvalue weighted by Gasteiger charge is -2.57. The van der Waals surface area contributed by atoms with Gasteiger partial charge >= 0.3 is 0 Å². The van der Waals surface area contributed by atoms with E-state index in [1.54, 1.807) is 11.3 Å². The Morgan fingerprint density at radius 1 is 1.10 bits per heavy atom. The number of likely N-dealkylation sites (tertiary alicyclic amines) is 1. The van der Waals surface area contributed by atoms with Crippen LogP contribution < -0.4 is 0 Å². The van der Waals surface area contributed by atoms with Gasteiger partial charge in [-0.05, 0) is 74.9 Å². The first-order valence-corrected chi connectivity index (χ1v) is 13.1. The van der Waals surface area contributed by atoms with Gasteiger partial charge in [-0.3, -0.25) is 14.5 Å². The molecular formula is C24H35N3O3S. The summed E-state index contributed by atoms with van der Waals surface area (Å²) in [5.74, 6) is 1.60. The average molecular weight is 446 g/mol. The Bertz CT molecular complexity index is 762. The van der Waals surface area contributed by atoms with Gasteiger partial charge in [-0.25, -0.2) is 0 Å². The second kappa shape index (κ2) is 9.59. The molecule has 1 aromatic heterocycles. The molecule has 5 heterocycles. The highest BCUT2D eigenvalue weighted by atomic mass is 32.1. The molecule has 0 radical (unpaired) electrons. The van der Waals surface area contributed by atoms with E-state index in [9.17, 15) is 9.59 Å². The van der Waals surface area contributed by atoms with E-state index >= 15 is 0 Å². The Morgan fingerprint density at radius 3 is 2.68 bits per heavy atom. The molecule has 0 unspecified atom stereocenters. The average Bonchev–Trinajstić information content (AvgIpc) is 3.35. The lowest BCUT2D eigenvalue weighted by Crippen LogP contribution is -2.65. The second-order valence-corrected chi connectivity index (χ2v) is 10.4. The maximum absolute atomic E-state index is 13.5. The summed E-state index contributed by atoms with van der Waals surface area (Å²) < 4.78 is 5.38. The molecule has 2 amide bonds. The molecule has 7 heteroatoms. The van der Waals surface area contributed by atoms with Gasteiger partial charge in [0.15, 0.2) is 0 Å². The van der Waals surface area contributed by atoms with Gasteiger partial charge in [-0.15, -0.1) is 0 Å². The zero-order chi connectivity index (χ0) is 21.2. The van der Waals surface area contributed by atoms with Crippen molar-refractivity contribution >= 4 is 23.2 Å². The number of piperidine rings is 3. The molecule has 170 valence electrons. The number of ether oxygens (including phenoxy) is 1. The van der Waals surface area contributed by atoms with Crippen molar-refractivity contribution < 1.29 is 14.3 Å². The van der Waals surface area contributed by atoms with Crippen molar-refractivity contribution in [2.75, 3.05) is 45.9 Å². The summed E-state index contributed by atoms with van der Waals surface area (Å²) in [5, 5.41) is 3.99. The van der Waals surface area contributed by atoms with Crippen LogP contribution in [0.2, 0.25) is 0 Å². The topological polar surface area (TPSA) is 53.1 Å². The van der Waals surface area contributed by atoms with Crippen molar-refractivity contribution in [3.05, 3.63) is 22.4 Å². The predicted molar refractivity (Wildman–Crippen MR) is 121 cm³/mol. The Morgan fingerprint density at radius 2 is 1.90 bits per heavy atom. The maximum atomic E-state index is 13.5. The summed E-state index contributed by atoms with van der Waals surface area (Å²) >= 11 is 1.60. The van der Waals surface area contributed by atoms with Crippen LogP contribution in [0, 0.1) is 11.8 Å². The first-order chi connectivity index (χ1) is 15.2. The normalized spacial score (nSPS) is 31.4. The van der Waals surface area contributed by atoms with E-state index in [1.165, 1.54) is 38.8 Å². The first-order valence-electron chi connectivity index (χ1n) is 12.1. The van der Waals surface area contributed by atoms with Gasteiger partial charge in [0, 0.05) is 43.5 Å². The van der Waals surface area contributed by atoms with Gasteiger partial charge in [-0.1, -0.05) is 0 Å². The molecule has 6 nitrogen and oxygen atoms in total. The highest BCUT2D eigenvalue weighted by Crippen LogP contribution is 2.43. The van der Waals surface area contributed by atoms with E-state index < -0.39 is 0 Å². The number of rotatable bonds is 5. The third-order valence-corrected chi connectivity index (χ3v) is 8.64. The van der Waals surface area contributed by atoms with Crippen LogP contribution >= 0.6 is 11.3 Å². The van der Waals surface area contributed by atoms with Crippen LogP contribution in [0.1, 0.15) is 55.3 Å². The number of thiophene rings is 1. The van der Waals surface area contributed by atoms with Crippen LogP contribution in [0.25, 0.3) is 0 Å². The fraction of sp³-hybridized carbons (Fsp3) is 0.750. The SMILES string of the molecule is O=C(CCC[C@@H]1[C@H]2CCCN3CCC[C@@H](CN1C(=O)c1ccsc1)[C@@H]23)N1CCOCC1. The maximum Gasteiger partial charge on any atom is 0.254 e. The monoisotopic (exact) mass is 445 g/mol. The largest absolute Gasteiger partial charge is 0.378 e. The van der Waals surface area contributed by atoms with Crippen molar-refractivity contribution in [2.45, 2.75) is 57.0 Å². The summed E-state index contributed by atoms with van der Waals surface area (Å²) in [6.45, 7) is 6.06. The molecule has 4 atom stereocenters. The van der Waals surface area contributed by atoms with Gasteiger partial charge in [0.05, 0.1) is 18.8 Å². The molecule has 0 bridgehead atoms. The molecule has 4 aliphatic rings. The van der Waals surface area contributed by atoms with Crippen LogP contribution in [0.4, 0.5) is 0 Å². The van der Waals surface area contributed by atoms with Crippen molar-refractivity contribution in [3.8, 4) is 0 Å². The number of hydrogen-bond donors (Lipinski definition) is 0. The summed E-state index contributed by atoms with van der Waals surface area (Å²) in [4.78, 5) is 33.0. The molecule has 0 aliphatic carbocycles. The van der Waals surface area contributed by atoms with Gasteiger partial charge in [-0.2, -0.15) is 11.3 Å². The Labute approximate surface area is 189 Å². The number of carbonyl (C=O) groups is 2. The minimum atomic E-state index is 0.201. The Balaban J connectivity index is 1.31. The van der Waals surface area contributed by atoms with Gasteiger partial charge < -0.3 is 14.5 Å². The van der Waals surface area contributed by atoms with E-state index in [0.717, 1.165) is 24.9 Å². The fourth-order valence-electron chi connectivity index (χ4n) is 6.58. The predicted octanol–water partition coefficient (Wildman–Crippen LogP) is 3.09. The molecule has 4 aliphatic heterocycles. The number of nitrogens with zero attached hydrogens (tertiary/aromatic N) is 3. The van der Waals surface area contributed by atoms with E-state index in [4.69, 9.17) is 4.74 Å². The minimum Gasteiger partial charge on any atom is -0.378 e. The van der Waals surface area contributed by atoms with Crippen LogP contribution in [0.3, 0.4) is 0 Å². The van der Waals surface area contributed by atoms with Gasteiger partial charge in [0.2, 0.25) is 5.91 Å². The lowest BCUT2D eigenvalue weighted by atomic mass is 9.69. The molecule has 31 heavy (non-hydrogen) atoms. The van der Waals surface area contributed by atoms with E-state index in [0.29, 0.717) is 50.6 Å². The first kappa shape index (κ1) is 21.4. The number of morpholine rings is 1. The van der Waals surface area contributed by atoms with Crippen molar-refractivity contribution in [3.63, 3.8) is 0 Å². The Kier molecular flexibility index (Phi) is 6.62. The zero-order valence-electron chi connectivity index (χ0n) is 18.4. The number of hydrogen-bond acceptors (Lipinski definition) is 5. The molecule has 1 aromatic rings. The minimum absolute atomic E-state index is 0.201. The van der Waals surface area contributed by atoms with E-state index in [1.807, 2.05) is 21.7 Å². The quantitative estimate of drug-likeness (QED) is 0.699. The van der Waals surface area contributed by atoms with Gasteiger partial charge in [0.1, 0.15) is 0 Å². The highest BCUT2D eigenvalue weighted by molar-refractivity contribution is 7.08. The van der Waals surface area contributed by atoms with Gasteiger partial charge in [0.25, 0.3) is 5.91 Å². The number of amides is 2. The smallest absolute Gasteiger partial charge is 0.254 e. The summed E-state index contributed by atoms with van der Waals surface area (Å²) in [6, 6.07) is 2.85. The molecule has 0 spiro atoms. The van der Waals surface area contributed by atoms with Crippen molar-refractivity contribution in [1.29, 1.82) is 0 Å². The van der Waals surface area contributed by atoms with Crippen LogP contribution in [0.5, 0.6) is 0 Å². The molecule has 4 fully saturated rings. The zero-order valence-corrected chi connectivity index (χ0v) is 19.2. The summed E-state index contributed by atoms with van der Waals surface area (Å²) in [7, 11) is 0. The van der Waals surface area contributed by atoms with Crippen molar-refractivity contribution in [2.24, 2.45) is 11.8 Å². The highest BCUT2D eigenvalue weighted by Gasteiger charge is 2.49. The molecule has 4 saturated heterocycles. The summed E-state index contributed by atoms with van der Waals surface area (Å²) in [6.07, 6.45) is 7.34. The third kappa shape index (κ3) is 4.41. The Hall–Kier alpha value is -1.44. The molecule has 0 saturated carbocycles. The molecule has 0 N–H and O–H groups in total. The van der Waals surface area contributed by atoms with E-state index in [-0.39, 0.29) is 17.9 Å². The van der Waals surface area contributed by atoms with Crippen LogP contribution in [-0.4, -0.2) is 84.5 Å². The van der Waals surface area contributed by atoms with E-state index in [2.05, 4.69) is 9.80 Å². The lowest BCUT2D eigenvalue weighted by molar-refractivity contribution is -0.135. The second-order valence-electron chi connectivity index (χ2n) is 9.66. The summed E-state index contributed by atoms with van der Waals surface area (Å²) in [5.41, 5.74) is 0.835. The fourth-order valence-corrected chi connectivity index (χ4v) is 7.21. The molecule has 0 aromatic carbocycles. The molecular weight excluding hydrogens is 410 g/mol. The van der Waals surface area contributed by atoms with Crippen molar-refractivity contribution in [1.82, 2.24) is 14.7 Å².